The normalized spacial score (nSPS) is 16.5. The summed E-state index contributed by atoms with van der Waals surface area (Å²) >= 11 is 5.92. The fourth-order valence-corrected chi connectivity index (χ4v) is 3.69. The first-order chi connectivity index (χ1) is 14.7. The van der Waals surface area contributed by atoms with Gasteiger partial charge in [-0.1, -0.05) is 28.9 Å². The zero-order valence-electron chi connectivity index (χ0n) is 15.9. The quantitative estimate of drug-likeness (QED) is 0.504. The molecule has 5 rings (SSSR count). The number of rotatable bonds is 6. The number of benzene rings is 1. The SMILES string of the molecule is O=C1CC(c2noc(-c3cc(-c4ccco4)n[nH]3)n2)CN1CCc1ccc(Cl)cc1. The van der Waals surface area contributed by atoms with E-state index in [0.717, 1.165) is 12.0 Å². The predicted octanol–water partition coefficient (Wildman–Crippen LogP) is 3.93. The van der Waals surface area contributed by atoms with E-state index in [0.29, 0.717) is 53.4 Å². The highest BCUT2D eigenvalue weighted by molar-refractivity contribution is 6.30. The number of amides is 1. The lowest BCUT2D eigenvalue weighted by Gasteiger charge is -2.15. The van der Waals surface area contributed by atoms with Crippen molar-refractivity contribution in [1.29, 1.82) is 0 Å². The largest absolute Gasteiger partial charge is 0.463 e. The molecular formula is C21H18ClN5O3. The van der Waals surface area contributed by atoms with Gasteiger partial charge in [-0.05, 0) is 36.2 Å². The van der Waals surface area contributed by atoms with Crippen molar-refractivity contribution in [2.75, 3.05) is 13.1 Å². The summed E-state index contributed by atoms with van der Waals surface area (Å²) in [5.41, 5.74) is 2.40. The number of aromatic amines is 1. The average molecular weight is 424 g/mol. The third kappa shape index (κ3) is 3.73. The maximum atomic E-state index is 12.4. The molecule has 1 saturated heterocycles. The Morgan fingerprint density at radius 2 is 2.10 bits per heavy atom. The van der Waals surface area contributed by atoms with Crippen LogP contribution in [0.5, 0.6) is 0 Å². The van der Waals surface area contributed by atoms with Crippen LogP contribution in [0.15, 0.2) is 57.7 Å². The fourth-order valence-electron chi connectivity index (χ4n) is 3.57. The van der Waals surface area contributed by atoms with Gasteiger partial charge < -0.3 is 13.8 Å². The van der Waals surface area contributed by atoms with Crippen LogP contribution in [-0.2, 0) is 11.2 Å². The van der Waals surface area contributed by atoms with Gasteiger partial charge in [-0.2, -0.15) is 10.1 Å². The van der Waals surface area contributed by atoms with Crippen molar-refractivity contribution in [3.05, 3.63) is 65.1 Å². The van der Waals surface area contributed by atoms with Crippen molar-refractivity contribution in [2.45, 2.75) is 18.8 Å². The second-order valence-corrected chi connectivity index (χ2v) is 7.66. The Morgan fingerprint density at radius 1 is 1.23 bits per heavy atom. The van der Waals surface area contributed by atoms with Gasteiger partial charge in [0.25, 0.3) is 5.89 Å². The van der Waals surface area contributed by atoms with Gasteiger partial charge in [-0.3, -0.25) is 9.89 Å². The second-order valence-electron chi connectivity index (χ2n) is 7.22. The maximum Gasteiger partial charge on any atom is 0.275 e. The molecule has 1 N–H and O–H groups in total. The van der Waals surface area contributed by atoms with E-state index in [1.165, 1.54) is 0 Å². The Morgan fingerprint density at radius 3 is 2.90 bits per heavy atom. The third-order valence-corrected chi connectivity index (χ3v) is 5.44. The molecule has 0 radical (unpaired) electrons. The zero-order valence-corrected chi connectivity index (χ0v) is 16.7. The lowest BCUT2D eigenvalue weighted by molar-refractivity contribution is -0.127. The van der Waals surface area contributed by atoms with Gasteiger partial charge in [0, 0.05) is 36.5 Å². The van der Waals surface area contributed by atoms with E-state index in [4.69, 9.17) is 20.5 Å². The van der Waals surface area contributed by atoms with Crippen molar-refractivity contribution in [2.24, 2.45) is 0 Å². The van der Waals surface area contributed by atoms with Gasteiger partial charge in [-0.25, -0.2) is 0 Å². The summed E-state index contributed by atoms with van der Waals surface area (Å²) in [5.74, 6) is 1.52. The van der Waals surface area contributed by atoms with Crippen LogP contribution in [0.1, 0.15) is 23.7 Å². The van der Waals surface area contributed by atoms with E-state index < -0.39 is 0 Å². The number of aromatic nitrogens is 4. The van der Waals surface area contributed by atoms with Gasteiger partial charge in [0.05, 0.1) is 6.26 Å². The first-order valence-corrected chi connectivity index (χ1v) is 9.99. The Labute approximate surface area is 176 Å². The summed E-state index contributed by atoms with van der Waals surface area (Å²) in [4.78, 5) is 18.8. The standard InChI is InChI=1S/C21H18ClN5O3/c22-15-5-3-13(4-6-15)7-8-27-12-14(10-19(27)28)20-23-21(30-26-20)17-11-16(24-25-17)18-2-1-9-29-18/h1-6,9,11,14H,7-8,10,12H2,(H,24,25). The third-order valence-electron chi connectivity index (χ3n) is 5.19. The lowest BCUT2D eigenvalue weighted by Crippen LogP contribution is -2.27. The average Bonchev–Trinajstić information content (AvgIpc) is 3.53. The topological polar surface area (TPSA) is 101 Å². The van der Waals surface area contributed by atoms with Gasteiger partial charge >= 0.3 is 0 Å². The van der Waals surface area contributed by atoms with Crippen molar-refractivity contribution < 1.29 is 13.7 Å². The van der Waals surface area contributed by atoms with Crippen LogP contribution in [0.2, 0.25) is 5.02 Å². The second kappa shape index (κ2) is 7.79. The Balaban J connectivity index is 1.24. The van der Waals surface area contributed by atoms with E-state index in [1.807, 2.05) is 35.2 Å². The van der Waals surface area contributed by atoms with Gasteiger partial charge in [0.2, 0.25) is 5.91 Å². The molecular weight excluding hydrogens is 406 g/mol. The van der Waals surface area contributed by atoms with Crippen LogP contribution < -0.4 is 0 Å². The van der Waals surface area contributed by atoms with E-state index >= 15 is 0 Å². The van der Waals surface area contributed by atoms with E-state index in [1.54, 1.807) is 18.4 Å². The molecule has 3 aromatic heterocycles. The summed E-state index contributed by atoms with van der Waals surface area (Å²) in [6.45, 7) is 1.22. The first-order valence-electron chi connectivity index (χ1n) is 9.61. The molecule has 4 heterocycles. The van der Waals surface area contributed by atoms with Crippen LogP contribution >= 0.6 is 11.6 Å². The highest BCUT2D eigenvalue weighted by Gasteiger charge is 2.33. The first kappa shape index (κ1) is 18.6. The zero-order chi connectivity index (χ0) is 20.5. The van der Waals surface area contributed by atoms with Crippen LogP contribution in [0.25, 0.3) is 23.0 Å². The molecule has 0 bridgehead atoms. The van der Waals surface area contributed by atoms with Crippen molar-refractivity contribution >= 4 is 17.5 Å². The van der Waals surface area contributed by atoms with Gasteiger partial charge in [-0.15, -0.1) is 0 Å². The number of hydrogen-bond donors (Lipinski definition) is 1. The molecule has 1 aromatic carbocycles. The summed E-state index contributed by atoms with van der Waals surface area (Å²) in [6.07, 6.45) is 2.74. The molecule has 1 fully saturated rings. The van der Waals surface area contributed by atoms with Crippen LogP contribution in [0, 0.1) is 0 Å². The molecule has 4 aromatic rings. The molecule has 1 unspecified atom stereocenters. The summed E-state index contributed by atoms with van der Waals surface area (Å²) < 4.78 is 10.7. The molecule has 0 spiro atoms. The molecule has 0 saturated carbocycles. The summed E-state index contributed by atoms with van der Waals surface area (Å²) in [5, 5.41) is 11.9. The van der Waals surface area contributed by atoms with Crippen LogP contribution in [0.3, 0.4) is 0 Å². The number of H-pyrrole nitrogens is 1. The van der Waals surface area contributed by atoms with E-state index in [2.05, 4.69) is 20.3 Å². The molecule has 8 nitrogen and oxygen atoms in total. The molecule has 1 aliphatic heterocycles. The molecule has 1 aliphatic rings. The van der Waals surface area contributed by atoms with Crippen LogP contribution in [0.4, 0.5) is 0 Å². The molecule has 0 aliphatic carbocycles. The predicted molar refractivity (Wildman–Crippen MR) is 109 cm³/mol. The highest BCUT2D eigenvalue weighted by Crippen LogP contribution is 2.29. The minimum atomic E-state index is -0.0901. The Bertz CT molecular complexity index is 1150. The number of nitrogens with zero attached hydrogens (tertiary/aromatic N) is 4. The van der Waals surface area contributed by atoms with E-state index in [-0.39, 0.29) is 11.8 Å². The number of nitrogens with one attached hydrogen (secondary N) is 1. The van der Waals surface area contributed by atoms with Gasteiger partial charge in [0.15, 0.2) is 11.6 Å². The molecule has 9 heteroatoms. The number of carbonyl (C=O) groups excluding carboxylic acids is 1. The number of furan rings is 1. The number of halogens is 1. The summed E-state index contributed by atoms with van der Waals surface area (Å²) in [6, 6.07) is 13.1. The summed E-state index contributed by atoms with van der Waals surface area (Å²) in [7, 11) is 0. The Kier molecular flexibility index (Phi) is 4.84. The number of carbonyl (C=O) groups is 1. The molecule has 1 atom stereocenters. The van der Waals surface area contributed by atoms with Gasteiger partial charge in [0.1, 0.15) is 11.4 Å². The van der Waals surface area contributed by atoms with Crippen molar-refractivity contribution in [3.63, 3.8) is 0 Å². The lowest BCUT2D eigenvalue weighted by atomic mass is 10.1. The van der Waals surface area contributed by atoms with E-state index in [9.17, 15) is 4.79 Å². The number of likely N-dealkylation sites (tertiary alicyclic amines) is 1. The molecule has 30 heavy (non-hydrogen) atoms. The van der Waals surface area contributed by atoms with Crippen molar-refractivity contribution in [1.82, 2.24) is 25.2 Å². The minimum Gasteiger partial charge on any atom is -0.463 e. The smallest absolute Gasteiger partial charge is 0.275 e. The minimum absolute atomic E-state index is 0.0901. The highest BCUT2D eigenvalue weighted by atomic mass is 35.5. The molecule has 1 amide bonds. The van der Waals surface area contributed by atoms with Crippen molar-refractivity contribution in [3.8, 4) is 23.0 Å². The fraction of sp³-hybridized carbons (Fsp3) is 0.238. The van der Waals surface area contributed by atoms with Crippen LogP contribution in [-0.4, -0.2) is 44.2 Å². The monoisotopic (exact) mass is 423 g/mol. The Hall–Kier alpha value is -3.39. The maximum absolute atomic E-state index is 12.4. The number of hydrogen-bond acceptors (Lipinski definition) is 6. The molecule has 152 valence electrons.